The Kier molecular flexibility index (Phi) is 5.07. The fourth-order valence-electron chi connectivity index (χ4n) is 8.61. The van der Waals surface area contributed by atoms with Crippen molar-refractivity contribution in [2.45, 2.75) is 84.6 Å². The van der Waals surface area contributed by atoms with Gasteiger partial charge in [0, 0.05) is 25.9 Å². The molecule has 0 bridgehead atoms. The summed E-state index contributed by atoms with van der Waals surface area (Å²) in [5, 5.41) is 0. The highest BCUT2D eigenvalue weighted by Gasteiger charge is 2.61. The van der Waals surface area contributed by atoms with Gasteiger partial charge in [0.25, 0.3) is 0 Å². The van der Waals surface area contributed by atoms with Crippen molar-refractivity contribution in [1.29, 1.82) is 0 Å². The van der Waals surface area contributed by atoms with Gasteiger partial charge in [-0.15, -0.1) is 0 Å². The predicted molar refractivity (Wildman–Crippen MR) is 109 cm³/mol. The third-order valence-electron chi connectivity index (χ3n) is 10.0. The molecule has 0 N–H and O–H groups in total. The number of carbonyl (C=O) groups is 2. The van der Waals surface area contributed by atoms with Crippen molar-refractivity contribution < 1.29 is 14.3 Å². The van der Waals surface area contributed by atoms with Crippen molar-refractivity contribution in [1.82, 2.24) is 4.90 Å². The number of hydrogen-bond donors (Lipinski definition) is 0. The SMILES string of the molecule is COC(=O)C[C@@H](C)[C@H]1CC[C@H]2[C@@H]3CC[C@H]4N(C)C(=O)CC[C@]4(C)[C@H]3CC[C@]12C. The molecule has 3 aliphatic carbocycles. The predicted octanol–water partition coefficient (Wildman–Crippen LogP) is 4.67. The molecular weight excluding hydrogens is 350 g/mol. The van der Waals surface area contributed by atoms with Crippen LogP contribution in [0.15, 0.2) is 0 Å². The Morgan fingerprint density at radius 2 is 1.82 bits per heavy atom. The van der Waals surface area contributed by atoms with Crippen LogP contribution in [0.1, 0.15) is 78.6 Å². The molecule has 4 nitrogen and oxygen atoms in total. The molecule has 3 saturated carbocycles. The van der Waals surface area contributed by atoms with Crippen molar-refractivity contribution in [3.8, 4) is 0 Å². The Hall–Kier alpha value is -1.06. The highest BCUT2D eigenvalue weighted by Crippen LogP contribution is 2.67. The molecule has 28 heavy (non-hydrogen) atoms. The van der Waals surface area contributed by atoms with Crippen LogP contribution in [0.25, 0.3) is 0 Å². The first-order chi connectivity index (χ1) is 13.2. The zero-order chi connectivity index (χ0) is 20.3. The minimum atomic E-state index is -0.0591. The minimum absolute atomic E-state index is 0.0591. The summed E-state index contributed by atoms with van der Waals surface area (Å²) in [7, 11) is 3.54. The number of hydrogen-bond acceptors (Lipinski definition) is 3. The summed E-state index contributed by atoms with van der Waals surface area (Å²) in [6.45, 7) is 7.29. The van der Waals surface area contributed by atoms with Crippen LogP contribution in [0, 0.1) is 40.4 Å². The van der Waals surface area contributed by atoms with E-state index in [2.05, 4.69) is 25.7 Å². The van der Waals surface area contributed by atoms with Crippen LogP contribution >= 0.6 is 0 Å². The van der Waals surface area contributed by atoms with E-state index in [4.69, 9.17) is 4.74 Å². The van der Waals surface area contributed by atoms with E-state index in [0.29, 0.717) is 41.0 Å². The molecule has 4 aliphatic rings. The van der Waals surface area contributed by atoms with Gasteiger partial charge >= 0.3 is 5.97 Å². The molecule has 0 aromatic heterocycles. The first kappa shape index (κ1) is 20.2. The number of methoxy groups -OCH3 is 1. The Morgan fingerprint density at radius 3 is 2.54 bits per heavy atom. The lowest BCUT2D eigenvalue weighted by Crippen LogP contribution is -2.61. The first-order valence-corrected chi connectivity index (χ1v) is 11.5. The fraction of sp³-hybridized carbons (Fsp3) is 0.917. The van der Waals surface area contributed by atoms with Crippen LogP contribution in [-0.2, 0) is 14.3 Å². The molecule has 1 amide bonds. The zero-order valence-electron chi connectivity index (χ0n) is 18.5. The molecule has 0 spiro atoms. The van der Waals surface area contributed by atoms with Crippen LogP contribution in [0.4, 0.5) is 0 Å². The van der Waals surface area contributed by atoms with E-state index in [1.165, 1.54) is 45.6 Å². The van der Waals surface area contributed by atoms with Crippen LogP contribution in [0.2, 0.25) is 0 Å². The van der Waals surface area contributed by atoms with Gasteiger partial charge < -0.3 is 9.64 Å². The fourth-order valence-corrected chi connectivity index (χ4v) is 8.61. The van der Waals surface area contributed by atoms with Crippen molar-refractivity contribution >= 4 is 11.9 Å². The van der Waals surface area contributed by atoms with Crippen LogP contribution in [-0.4, -0.2) is 37.0 Å². The number of carbonyl (C=O) groups excluding carboxylic acids is 2. The second-order valence-corrected chi connectivity index (χ2v) is 11.0. The maximum Gasteiger partial charge on any atom is 0.305 e. The van der Waals surface area contributed by atoms with Gasteiger partial charge in [-0.1, -0.05) is 20.8 Å². The van der Waals surface area contributed by atoms with Crippen molar-refractivity contribution in [3.05, 3.63) is 0 Å². The van der Waals surface area contributed by atoms with Crippen molar-refractivity contribution in [2.75, 3.05) is 14.2 Å². The quantitative estimate of drug-likeness (QED) is 0.659. The summed E-state index contributed by atoms with van der Waals surface area (Å²) in [5.41, 5.74) is 0.664. The van der Waals surface area contributed by atoms with E-state index >= 15 is 0 Å². The average Bonchev–Trinajstić information content (AvgIpc) is 3.02. The van der Waals surface area contributed by atoms with Crippen molar-refractivity contribution in [3.63, 3.8) is 0 Å². The van der Waals surface area contributed by atoms with Crippen LogP contribution < -0.4 is 0 Å². The summed E-state index contributed by atoms with van der Waals surface area (Å²) >= 11 is 0. The lowest BCUT2D eigenvalue weighted by Gasteiger charge is -2.62. The smallest absolute Gasteiger partial charge is 0.305 e. The molecule has 1 saturated heterocycles. The number of likely N-dealkylation sites (tertiary alicyclic amines) is 1. The molecule has 0 unspecified atom stereocenters. The number of ether oxygens (including phenoxy) is 1. The molecule has 0 aromatic carbocycles. The molecule has 4 heteroatoms. The summed E-state index contributed by atoms with van der Waals surface area (Å²) in [4.78, 5) is 26.3. The maximum atomic E-state index is 12.3. The van der Waals surface area contributed by atoms with E-state index in [1.807, 2.05) is 7.05 Å². The van der Waals surface area contributed by atoms with Crippen molar-refractivity contribution in [2.24, 2.45) is 40.4 Å². The second kappa shape index (κ2) is 7.02. The Labute approximate surface area is 170 Å². The highest BCUT2D eigenvalue weighted by atomic mass is 16.5. The van der Waals surface area contributed by atoms with E-state index in [1.54, 1.807) is 0 Å². The molecule has 0 aromatic rings. The summed E-state index contributed by atoms with van der Waals surface area (Å²) in [6, 6.07) is 0.440. The molecule has 158 valence electrons. The largest absolute Gasteiger partial charge is 0.469 e. The molecule has 1 aliphatic heterocycles. The minimum Gasteiger partial charge on any atom is -0.469 e. The first-order valence-electron chi connectivity index (χ1n) is 11.5. The number of amides is 1. The van der Waals surface area contributed by atoms with E-state index in [-0.39, 0.29) is 5.97 Å². The number of piperidine rings is 1. The van der Waals surface area contributed by atoms with Gasteiger partial charge in [-0.2, -0.15) is 0 Å². The number of rotatable bonds is 3. The summed E-state index contributed by atoms with van der Waals surface area (Å²) in [6.07, 6.45) is 9.99. The maximum absolute atomic E-state index is 12.3. The van der Waals surface area contributed by atoms with Gasteiger partial charge in [0.1, 0.15) is 0 Å². The molecule has 1 heterocycles. The van der Waals surface area contributed by atoms with Gasteiger partial charge in [-0.25, -0.2) is 0 Å². The molecular formula is C24H39NO3. The topological polar surface area (TPSA) is 46.6 Å². The molecule has 4 rings (SSSR count). The highest BCUT2D eigenvalue weighted by molar-refractivity contribution is 5.77. The molecule has 8 atom stereocenters. The van der Waals surface area contributed by atoms with Gasteiger partial charge in [0.15, 0.2) is 0 Å². The van der Waals surface area contributed by atoms with E-state index in [9.17, 15) is 9.59 Å². The normalized spacial score (nSPS) is 46.4. The third-order valence-corrected chi connectivity index (χ3v) is 10.0. The van der Waals surface area contributed by atoms with Crippen LogP contribution in [0.3, 0.4) is 0 Å². The van der Waals surface area contributed by atoms with Gasteiger partial charge in [0.05, 0.1) is 7.11 Å². The average molecular weight is 390 g/mol. The summed E-state index contributed by atoms with van der Waals surface area (Å²) in [5.74, 6) is 3.68. The van der Waals surface area contributed by atoms with Gasteiger partial charge in [-0.05, 0) is 85.4 Å². The molecule has 4 fully saturated rings. The standard InChI is InChI=1S/C24H39NO3/c1-15(14-22(27)28-5)17-7-8-18-16-6-9-20-24(3,13-11-21(26)25(20)4)19(16)10-12-23(17,18)2/h15-20H,6-14H2,1-5H3/t15-,16+,17-,18+,19+,20-,23-,24-/m1/s1. The number of nitrogens with zero attached hydrogens (tertiary/aromatic N) is 1. The Bertz CT molecular complexity index is 648. The van der Waals surface area contributed by atoms with E-state index < -0.39 is 0 Å². The monoisotopic (exact) mass is 389 g/mol. The Balaban J connectivity index is 1.55. The van der Waals surface area contributed by atoms with Crippen LogP contribution in [0.5, 0.6) is 0 Å². The zero-order valence-corrected chi connectivity index (χ0v) is 18.5. The number of fused-ring (bicyclic) bond motifs is 5. The second-order valence-electron chi connectivity index (χ2n) is 11.0. The lowest BCUT2D eigenvalue weighted by atomic mass is 9.46. The van der Waals surface area contributed by atoms with Gasteiger partial charge in [0.2, 0.25) is 5.91 Å². The lowest BCUT2D eigenvalue weighted by molar-refractivity contribution is -0.159. The summed E-state index contributed by atoms with van der Waals surface area (Å²) < 4.78 is 4.96. The third kappa shape index (κ3) is 2.84. The Morgan fingerprint density at radius 1 is 1.11 bits per heavy atom. The van der Waals surface area contributed by atoms with Gasteiger partial charge in [-0.3, -0.25) is 9.59 Å². The van der Waals surface area contributed by atoms with E-state index in [0.717, 1.165) is 30.6 Å². The number of esters is 1. The molecule has 0 radical (unpaired) electrons.